The van der Waals surface area contributed by atoms with E-state index in [0.29, 0.717) is 18.0 Å². The highest BCUT2D eigenvalue weighted by Gasteiger charge is 2.03. The normalized spacial score (nSPS) is 10.5. The number of hydrogen-bond donors (Lipinski definition) is 1. The topological polar surface area (TPSA) is 72.8 Å². The minimum Gasteiger partial charge on any atom is -0.489 e. The first-order valence-electron chi connectivity index (χ1n) is 7.98. The van der Waals surface area contributed by atoms with Crippen molar-refractivity contribution in [2.75, 3.05) is 5.32 Å². The molecule has 130 valence electrons. The number of rotatable bonds is 6. The maximum atomic E-state index is 11.7. The van der Waals surface area contributed by atoms with Crippen molar-refractivity contribution in [2.24, 2.45) is 5.16 Å². The average Bonchev–Trinajstić information content (AvgIpc) is 2.69. The Morgan fingerprint density at radius 3 is 2.58 bits per heavy atom. The van der Waals surface area contributed by atoms with Gasteiger partial charge in [-0.1, -0.05) is 41.6 Å². The molecule has 1 heterocycles. The molecule has 0 aliphatic rings. The van der Waals surface area contributed by atoms with Crippen LogP contribution in [0.1, 0.15) is 11.1 Å². The summed E-state index contributed by atoms with van der Waals surface area (Å²) in [7, 11) is 0. The Kier molecular flexibility index (Phi) is 5.93. The van der Waals surface area contributed by atoms with Crippen LogP contribution in [0, 0.1) is 0 Å². The van der Waals surface area contributed by atoms with Crippen LogP contribution in [-0.2, 0) is 11.4 Å². The fraction of sp³-hybridized carbons (Fsp3) is 0.0500. The van der Waals surface area contributed by atoms with Crippen molar-refractivity contribution in [3.05, 3.63) is 90.3 Å². The summed E-state index contributed by atoms with van der Waals surface area (Å²) in [4.78, 5) is 20.4. The molecule has 1 amide bonds. The van der Waals surface area contributed by atoms with Crippen LogP contribution in [0.3, 0.4) is 0 Å². The van der Waals surface area contributed by atoms with Crippen molar-refractivity contribution < 1.29 is 14.4 Å². The number of nitrogens with one attached hydrogen (secondary N) is 1. The molecule has 0 aliphatic heterocycles. The van der Waals surface area contributed by atoms with Crippen molar-refractivity contribution >= 4 is 18.0 Å². The number of benzene rings is 2. The molecule has 0 fully saturated rings. The first kappa shape index (κ1) is 17.2. The van der Waals surface area contributed by atoms with Crippen LogP contribution < -0.4 is 10.1 Å². The molecular weight excluding hydrogens is 330 g/mol. The fourth-order valence-electron chi connectivity index (χ4n) is 2.10. The maximum Gasteiger partial charge on any atom is 0.437 e. The van der Waals surface area contributed by atoms with Crippen molar-refractivity contribution in [1.82, 2.24) is 4.98 Å². The van der Waals surface area contributed by atoms with Crippen molar-refractivity contribution in [2.45, 2.75) is 6.61 Å². The van der Waals surface area contributed by atoms with E-state index in [2.05, 4.69) is 15.5 Å². The summed E-state index contributed by atoms with van der Waals surface area (Å²) in [5, 5.41) is 6.20. The predicted molar refractivity (Wildman–Crippen MR) is 99.2 cm³/mol. The van der Waals surface area contributed by atoms with Crippen LogP contribution in [0.25, 0.3) is 0 Å². The molecule has 26 heavy (non-hydrogen) atoms. The molecule has 0 saturated carbocycles. The molecule has 1 N–H and O–H groups in total. The second-order valence-corrected chi connectivity index (χ2v) is 5.32. The Morgan fingerprint density at radius 2 is 1.85 bits per heavy atom. The third-order valence-corrected chi connectivity index (χ3v) is 3.37. The fourth-order valence-corrected chi connectivity index (χ4v) is 2.10. The number of hydrogen-bond acceptors (Lipinski definition) is 5. The molecule has 1 aromatic heterocycles. The zero-order chi connectivity index (χ0) is 18.0. The molecular formula is C20H17N3O3. The molecule has 0 radical (unpaired) electrons. The molecule has 0 aliphatic carbocycles. The number of amides is 1. The van der Waals surface area contributed by atoms with Gasteiger partial charge in [-0.2, -0.15) is 0 Å². The first-order valence-corrected chi connectivity index (χ1v) is 7.98. The van der Waals surface area contributed by atoms with Gasteiger partial charge in [0.05, 0.1) is 6.21 Å². The number of carbonyl (C=O) groups excluding carboxylic acids is 1. The van der Waals surface area contributed by atoms with Crippen LogP contribution in [0.5, 0.6) is 5.75 Å². The summed E-state index contributed by atoms with van der Waals surface area (Å²) >= 11 is 0. The number of ether oxygens (including phenoxy) is 1. The van der Waals surface area contributed by atoms with Crippen molar-refractivity contribution in [3.63, 3.8) is 0 Å². The molecule has 6 heteroatoms. The SMILES string of the molecule is O=C(Nc1ccc(OCc2ccccc2)cc1)ON=Cc1cccnc1. The number of pyridine rings is 1. The summed E-state index contributed by atoms with van der Waals surface area (Å²) in [6, 6.07) is 20.5. The summed E-state index contributed by atoms with van der Waals surface area (Å²) in [5.41, 5.74) is 2.41. The van der Waals surface area contributed by atoms with Gasteiger partial charge in [-0.05, 0) is 35.9 Å². The van der Waals surface area contributed by atoms with Crippen LogP contribution in [0.2, 0.25) is 0 Å². The lowest BCUT2D eigenvalue weighted by Gasteiger charge is -2.07. The van der Waals surface area contributed by atoms with Crippen LogP contribution >= 0.6 is 0 Å². The number of oxime groups is 1. The third-order valence-electron chi connectivity index (χ3n) is 3.37. The summed E-state index contributed by atoms with van der Waals surface area (Å²) in [6.45, 7) is 0.485. The van der Waals surface area contributed by atoms with Gasteiger partial charge in [0, 0.05) is 23.6 Å². The maximum absolute atomic E-state index is 11.7. The molecule has 0 saturated heterocycles. The second kappa shape index (κ2) is 8.98. The highest BCUT2D eigenvalue weighted by atomic mass is 16.7. The summed E-state index contributed by atoms with van der Waals surface area (Å²) in [5.74, 6) is 0.711. The van der Waals surface area contributed by atoms with Crippen LogP contribution in [-0.4, -0.2) is 17.3 Å². The van der Waals surface area contributed by atoms with E-state index in [4.69, 9.17) is 9.57 Å². The first-order chi connectivity index (χ1) is 12.8. The molecule has 0 spiro atoms. The van der Waals surface area contributed by atoms with Crippen molar-refractivity contribution in [3.8, 4) is 5.75 Å². The Labute approximate surface area is 151 Å². The zero-order valence-corrected chi connectivity index (χ0v) is 13.9. The van der Waals surface area contributed by atoms with Gasteiger partial charge in [-0.3, -0.25) is 15.1 Å². The second-order valence-electron chi connectivity index (χ2n) is 5.32. The largest absolute Gasteiger partial charge is 0.489 e. The molecule has 0 unspecified atom stereocenters. The van der Waals surface area contributed by atoms with Gasteiger partial charge < -0.3 is 4.74 Å². The predicted octanol–water partition coefficient (Wildman–Crippen LogP) is 4.24. The van der Waals surface area contributed by atoms with E-state index in [1.165, 1.54) is 6.21 Å². The summed E-state index contributed by atoms with van der Waals surface area (Å²) in [6.07, 6.45) is 3.99. The zero-order valence-electron chi connectivity index (χ0n) is 13.9. The highest BCUT2D eigenvalue weighted by molar-refractivity contribution is 5.85. The van der Waals surface area contributed by atoms with Gasteiger partial charge >= 0.3 is 6.09 Å². The Bertz CT molecular complexity index is 850. The van der Waals surface area contributed by atoms with E-state index in [-0.39, 0.29) is 0 Å². The quantitative estimate of drug-likeness (QED) is 0.411. The molecule has 6 nitrogen and oxygen atoms in total. The van der Waals surface area contributed by atoms with Gasteiger partial charge in [-0.25, -0.2) is 4.79 Å². The van der Waals surface area contributed by atoms with E-state index in [9.17, 15) is 4.79 Å². The van der Waals surface area contributed by atoms with Gasteiger partial charge in [-0.15, -0.1) is 0 Å². The van der Waals surface area contributed by atoms with E-state index < -0.39 is 6.09 Å². The van der Waals surface area contributed by atoms with Gasteiger partial charge in [0.25, 0.3) is 0 Å². The minimum atomic E-state index is -0.678. The Hall–Kier alpha value is -3.67. The lowest BCUT2D eigenvalue weighted by Crippen LogP contribution is -2.10. The van der Waals surface area contributed by atoms with E-state index in [1.807, 2.05) is 30.3 Å². The van der Waals surface area contributed by atoms with Crippen LogP contribution in [0.15, 0.2) is 84.3 Å². The third kappa shape index (κ3) is 5.45. The number of nitrogens with zero attached hydrogens (tertiary/aromatic N) is 2. The molecule has 2 aromatic carbocycles. The molecule has 0 atom stereocenters. The van der Waals surface area contributed by atoms with Gasteiger partial charge in [0.1, 0.15) is 12.4 Å². The Balaban J connectivity index is 1.46. The van der Waals surface area contributed by atoms with E-state index >= 15 is 0 Å². The van der Waals surface area contributed by atoms with Crippen molar-refractivity contribution in [1.29, 1.82) is 0 Å². The number of aromatic nitrogens is 1. The lowest BCUT2D eigenvalue weighted by molar-refractivity contribution is 0.167. The molecule has 3 aromatic rings. The smallest absolute Gasteiger partial charge is 0.437 e. The number of anilines is 1. The van der Waals surface area contributed by atoms with E-state index in [0.717, 1.165) is 11.1 Å². The van der Waals surface area contributed by atoms with Crippen LogP contribution in [0.4, 0.5) is 10.5 Å². The van der Waals surface area contributed by atoms with Gasteiger partial charge in [0.2, 0.25) is 0 Å². The van der Waals surface area contributed by atoms with E-state index in [1.54, 1.807) is 48.8 Å². The average molecular weight is 347 g/mol. The Morgan fingerprint density at radius 1 is 1.04 bits per heavy atom. The minimum absolute atomic E-state index is 0.485. The monoisotopic (exact) mass is 347 g/mol. The summed E-state index contributed by atoms with van der Waals surface area (Å²) < 4.78 is 5.69. The highest BCUT2D eigenvalue weighted by Crippen LogP contribution is 2.17. The number of carbonyl (C=O) groups is 1. The lowest BCUT2D eigenvalue weighted by atomic mass is 10.2. The molecule has 0 bridgehead atoms. The standard InChI is InChI=1S/C20H17N3O3/c24-20(26-22-14-17-7-4-12-21-13-17)23-18-8-10-19(11-9-18)25-15-16-5-2-1-3-6-16/h1-14H,15H2,(H,23,24). The van der Waals surface area contributed by atoms with Gasteiger partial charge in [0.15, 0.2) is 0 Å². The molecule has 3 rings (SSSR count).